The van der Waals surface area contributed by atoms with Gasteiger partial charge in [-0.25, -0.2) is 9.97 Å². The van der Waals surface area contributed by atoms with Crippen LogP contribution in [-0.2, 0) is 0 Å². The third-order valence-corrected chi connectivity index (χ3v) is 3.73. The van der Waals surface area contributed by atoms with Crippen molar-refractivity contribution in [1.82, 2.24) is 15.0 Å². The van der Waals surface area contributed by atoms with Crippen LogP contribution in [0.4, 0.5) is 11.5 Å². The van der Waals surface area contributed by atoms with Crippen LogP contribution < -0.4 is 5.32 Å². The van der Waals surface area contributed by atoms with Gasteiger partial charge in [0.15, 0.2) is 0 Å². The minimum Gasteiger partial charge on any atom is -0.507 e. The van der Waals surface area contributed by atoms with Gasteiger partial charge >= 0.3 is 0 Å². The molecule has 2 aromatic heterocycles. The molecule has 0 fully saturated rings. The highest BCUT2D eigenvalue weighted by Crippen LogP contribution is 2.27. The number of nitrogens with zero attached hydrogens (tertiary/aromatic N) is 3. The number of hydrogen-bond acceptors (Lipinski definition) is 5. The predicted molar refractivity (Wildman–Crippen MR) is 86.2 cm³/mol. The molecule has 3 rings (SSSR count). The molecule has 0 radical (unpaired) electrons. The Morgan fingerprint density at radius 2 is 2.00 bits per heavy atom. The number of aromatic hydroxyl groups is 1. The van der Waals surface area contributed by atoms with Gasteiger partial charge < -0.3 is 10.4 Å². The predicted octanol–water partition coefficient (Wildman–Crippen LogP) is 3.39. The molecule has 0 atom stereocenters. The molecule has 0 bridgehead atoms. The minimum absolute atomic E-state index is 0.267. The van der Waals surface area contributed by atoms with Crippen LogP contribution in [0.2, 0.25) is 0 Å². The van der Waals surface area contributed by atoms with Gasteiger partial charge in [-0.15, -0.1) is 0 Å². The largest absolute Gasteiger partial charge is 0.507 e. The van der Waals surface area contributed by atoms with Crippen molar-refractivity contribution in [3.05, 3.63) is 46.1 Å². The van der Waals surface area contributed by atoms with Crippen LogP contribution in [-0.4, -0.2) is 20.1 Å². The Morgan fingerprint density at radius 1 is 1.15 bits per heavy atom. The van der Waals surface area contributed by atoms with Crippen LogP contribution in [0.1, 0.15) is 5.69 Å². The summed E-state index contributed by atoms with van der Waals surface area (Å²) in [5.74, 6) is 0.991. The van der Waals surface area contributed by atoms with Crippen molar-refractivity contribution in [3.8, 4) is 5.75 Å². The highest BCUT2D eigenvalue weighted by Gasteiger charge is 2.06. The van der Waals surface area contributed by atoms with E-state index in [1.807, 2.05) is 19.1 Å². The van der Waals surface area contributed by atoms with Crippen LogP contribution >= 0.6 is 22.6 Å². The molecule has 2 heterocycles. The van der Waals surface area contributed by atoms with Gasteiger partial charge in [0.1, 0.15) is 17.9 Å². The van der Waals surface area contributed by atoms with E-state index in [2.05, 4.69) is 42.9 Å². The summed E-state index contributed by atoms with van der Waals surface area (Å²) in [6.07, 6.45) is 3.24. The highest BCUT2D eigenvalue weighted by molar-refractivity contribution is 14.1. The Labute approximate surface area is 129 Å². The molecule has 3 aromatic rings. The van der Waals surface area contributed by atoms with Gasteiger partial charge in [0, 0.05) is 16.8 Å². The Morgan fingerprint density at radius 3 is 2.80 bits per heavy atom. The van der Waals surface area contributed by atoms with Gasteiger partial charge in [-0.1, -0.05) is 0 Å². The number of benzene rings is 1. The van der Waals surface area contributed by atoms with Crippen molar-refractivity contribution in [3.63, 3.8) is 0 Å². The summed E-state index contributed by atoms with van der Waals surface area (Å²) >= 11 is 2.08. The van der Waals surface area contributed by atoms with Crippen molar-refractivity contribution in [2.75, 3.05) is 5.32 Å². The molecule has 5 nitrogen and oxygen atoms in total. The molecule has 6 heteroatoms. The molecule has 100 valence electrons. The summed E-state index contributed by atoms with van der Waals surface area (Å²) in [4.78, 5) is 12.7. The summed E-state index contributed by atoms with van der Waals surface area (Å²) in [6, 6.07) is 7.26. The summed E-state index contributed by atoms with van der Waals surface area (Å²) in [5.41, 5.74) is 2.57. The first-order chi connectivity index (χ1) is 9.63. The van der Waals surface area contributed by atoms with E-state index in [-0.39, 0.29) is 5.75 Å². The Hall–Kier alpha value is -1.96. The van der Waals surface area contributed by atoms with E-state index in [4.69, 9.17) is 0 Å². The van der Waals surface area contributed by atoms with E-state index in [1.165, 1.54) is 6.33 Å². The molecular formula is C14H11IN4O. The molecule has 0 aliphatic rings. The van der Waals surface area contributed by atoms with Crippen molar-refractivity contribution in [1.29, 1.82) is 0 Å². The fourth-order valence-corrected chi connectivity index (χ4v) is 2.40. The molecule has 0 saturated heterocycles. The molecule has 20 heavy (non-hydrogen) atoms. The monoisotopic (exact) mass is 378 g/mol. The van der Waals surface area contributed by atoms with Crippen LogP contribution in [0.3, 0.4) is 0 Å². The second kappa shape index (κ2) is 5.20. The smallest absolute Gasteiger partial charge is 0.141 e. The number of anilines is 2. The molecule has 0 spiro atoms. The average Bonchev–Trinajstić information content (AvgIpc) is 2.44. The van der Waals surface area contributed by atoms with Crippen LogP contribution in [0.15, 0.2) is 36.8 Å². The number of halogens is 1. The molecule has 0 amide bonds. The number of pyridine rings is 1. The number of phenols is 1. The lowest BCUT2D eigenvalue weighted by molar-refractivity contribution is 0.471. The topological polar surface area (TPSA) is 70.9 Å². The van der Waals surface area contributed by atoms with Crippen LogP contribution in [0.5, 0.6) is 5.75 Å². The van der Waals surface area contributed by atoms with E-state index in [9.17, 15) is 5.11 Å². The molecule has 0 unspecified atom stereocenters. The van der Waals surface area contributed by atoms with Gasteiger partial charge in [0.25, 0.3) is 0 Å². The van der Waals surface area contributed by atoms with Gasteiger partial charge in [0.2, 0.25) is 0 Å². The van der Waals surface area contributed by atoms with E-state index in [0.29, 0.717) is 0 Å². The zero-order valence-electron chi connectivity index (χ0n) is 10.6. The van der Waals surface area contributed by atoms with Crippen molar-refractivity contribution >= 4 is 45.0 Å². The number of phenolic OH excluding ortho intramolecular Hbond substituents is 1. The number of rotatable bonds is 2. The number of hydrogen-bond donors (Lipinski definition) is 2. The third kappa shape index (κ3) is 2.51. The number of aryl methyl sites for hydroxylation is 1. The van der Waals surface area contributed by atoms with E-state index < -0.39 is 0 Å². The lowest BCUT2D eigenvalue weighted by Gasteiger charge is -2.09. The Balaban J connectivity index is 2.05. The quantitative estimate of drug-likeness (QED) is 0.529. The fourth-order valence-electron chi connectivity index (χ4n) is 1.88. The molecule has 0 aliphatic carbocycles. The molecule has 0 aliphatic heterocycles. The zero-order chi connectivity index (χ0) is 14.1. The van der Waals surface area contributed by atoms with Crippen LogP contribution in [0, 0.1) is 10.5 Å². The highest BCUT2D eigenvalue weighted by atomic mass is 127. The summed E-state index contributed by atoms with van der Waals surface area (Å²) < 4.78 is 0.781. The maximum atomic E-state index is 9.55. The van der Waals surface area contributed by atoms with Crippen molar-refractivity contribution < 1.29 is 5.11 Å². The third-order valence-electron chi connectivity index (χ3n) is 2.87. The summed E-state index contributed by atoms with van der Waals surface area (Å²) in [5, 5.41) is 13.7. The lowest BCUT2D eigenvalue weighted by Crippen LogP contribution is -1.97. The second-order valence-electron chi connectivity index (χ2n) is 4.36. The molecular weight excluding hydrogens is 367 g/mol. The first kappa shape index (κ1) is 13.0. The second-order valence-corrected chi connectivity index (χ2v) is 5.52. The average molecular weight is 378 g/mol. The molecule has 0 saturated carbocycles. The maximum Gasteiger partial charge on any atom is 0.141 e. The molecule has 1 aromatic carbocycles. The Bertz CT molecular complexity index is 791. The van der Waals surface area contributed by atoms with Gasteiger partial charge in [-0.3, -0.25) is 4.98 Å². The first-order valence-corrected chi connectivity index (χ1v) is 7.04. The van der Waals surface area contributed by atoms with Gasteiger partial charge in [-0.2, -0.15) is 0 Å². The van der Waals surface area contributed by atoms with Crippen molar-refractivity contribution in [2.45, 2.75) is 6.92 Å². The Kier molecular flexibility index (Phi) is 3.39. The van der Waals surface area contributed by atoms with Crippen LogP contribution in [0.25, 0.3) is 10.9 Å². The van der Waals surface area contributed by atoms with Gasteiger partial charge in [0.05, 0.1) is 15.3 Å². The van der Waals surface area contributed by atoms with E-state index in [1.54, 1.807) is 18.3 Å². The fraction of sp³-hybridized carbons (Fsp3) is 0.0714. The lowest BCUT2D eigenvalue weighted by atomic mass is 10.2. The maximum absolute atomic E-state index is 9.55. The van der Waals surface area contributed by atoms with Crippen molar-refractivity contribution in [2.24, 2.45) is 0 Å². The normalized spacial score (nSPS) is 10.7. The first-order valence-electron chi connectivity index (χ1n) is 5.96. The zero-order valence-corrected chi connectivity index (χ0v) is 12.8. The van der Waals surface area contributed by atoms with E-state index >= 15 is 0 Å². The number of nitrogens with one attached hydrogen (secondary N) is 1. The summed E-state index contributed by atoms with van der Waals surface area (Å²) in [7, 11) is 0. The SMILES string of the molecule is Cc1cc2c(Nc3ccc(O)c(I)c3)ncnc2cn1. The standard InChI is InChI=1S/C14H11IN4O/c1-8-4-10-12(6-16-8)17-7-18-14(10)19-9-2-3-13(20)11(15)5-9/h2-7,20H,1H3,(H,17,18,19). The number of fused-ring (bicyclic) bond motifs is 1. The molecule has 2 N–H and O–H groups in total. The summed E-state index contributed by atoms with van der Waals surface area (Å²) in [6.45, 7) is 1.93. The minimum atomic E-state index is 0.267. The number of aromatic nitrogens is 3. The van der Waals surface area contributed by atoms with Gasteiger partial charge in [-0.05, 0) is 53.8 Å². The van der Waals surface area contributed by atoms with E-state index in [0.717, 1.165) is 31.7 Å².